The molecule has 1 N–H and O–H groups in total. The van der Waals surface area contributed by atoms with Crippen molar-refractivity contribution >= 4 is 44.5 Å². The van der Waals surface area contributed by atoms with Crippen LogP contribution in [0.15, 0.2) is 66.0 Å². The molecule has 0 fully saturated rings. The maximum Gasteiger partial charge on any atom is 0.230 e. The normalized spacial score (nSPS) is 10.9. The number of aromatic nitrogens is 3. The highest BCUT2D eigenvalue weighted by atomic mass is 32.2. The maximum absolute atomic E-state index is 13.0. The summed E-state index contributed by atoms with van der Waals surface area (Å²) in [5, 5.41) is 4.43. The van der Waals surface area contributed by atoms with Gasteiger partial charge in [0.1, 0.15) is 21.9 Å². The molecule has 2 aromatic carbocycles. The Bertz CT molecular complexity index is 1170. The van der Waals surface area contributed by atoms with Crippen LogP contribution in [0.1, 0.15) is 11.1 Å². The summed E-state index contributed by atoms with van der Waals surface area (Å²) in [6.45, 7) is 1.09. The highest BCUT2D eigenvalue weighted by Gasteiger charge is 2.15. The second-order valence-electron chi connectivity index (χ2n) is 6.86. The minimum atomic E-state index is -0.295. The number of rotatable bonds is 8. The molecule has 158 valence electrons. The van der Waals surface area contributed by atoms with E-state index in [9.17, 15) is 9.18 Å². The maximum atomic E-state index is 13.0. The van der Waals surface area contributed by atoms with Crippen molar-refractivity contribution in [1.29, 1.82) is 0 Å². The van der Waals surface area contributed by atoms with Crippen molar-refractivity contribution in [3.63, 3.8) is 0 Å². The summed E-state index contributed by atoms with van der Waals surface area (Å²) < 4.78 is 13.8. The van der Waals surface area contributed by atoms with Crippen LogP contribution in [-0.2, 0) is 17.9 Å². The first-order valence-corrected chi connectivity index (χ1v) is 11.4. The molecule has 0 saturated heterocycles. The van der Waals surface area contributed by atoms with Gasteiger partial charge < -0.3 is 10.2 Å². The molecule has 0 aliphatic heterocycles. The van der Waals surface area contributed by atoms with Crippen LogP contribution < -0.4 is 10.2 Å². The molecule has 4 aromatic rings. The van der Waals surface area contributed by atoms with E-state index in [-0.39, 0.29) is 17.5 Å². The largest absolute Gasteiger partial charge is 0.351 e. The Morgan fingerprint density at radius 2 is 1.87 bits per heavy atom. The number of halogens is 1. The quantitative estimate of drug-likeness (QED) is 0.317. The number of amides is 1. The zero-order chi connectivity index (χ0) is 21.6. The molecule has 0 spiro atoms. The molecule has 0 atom stereocenters. The molecule has 31 heavy (non-hydrogen) atoms. The Balaban J connectivity index is 1.38. The molecule has 2 heterocycles. The minimum absolute atomic E-state index is 0.118. The SMILES string of the molecule is CN(Cc1ccccc1)c1nc2ncnc(SCC(=O)NCc3ccc(F)cc3)c2s1. The van der Waals surface area contributed by atoms with Crippen molar-refractivity contribution in [3.8, 4) is 0 Å². The molecule has 0 unspecified atom stereocenters. The number of anilines is 1. The standard InChI is InChI=1S/C22H20FN5OS2/c1-28(12-16-5-3-2-4-6-16)22-27-20-19(31-22)21(26-14-25-20)30-13-18(29)24-11-15-7-9-17(23)10-8-15/h2-10,14H,11-13H2,1H3,(H,24,29). The number of benzene rings is 2. The van der Waals surface area contributed by atoms with E-state index in [0.717, 1.165) is 27.0 Å². The number of nitrogens with zero attached hydrogens (tertiary/aromatic N) is 4. The number of thioether (sulfide) groups is 1. The summed E-state index contributed by atoms with van der Waals surface area (Å²) in [5.41, 5.74) is 2.67. The van der Waals surface area contributed by atoms with Gasteiger partial charge in [-0.15, -0.1) is 0 Å². The summed E-state index contributed by atoms with van der Waals surface area (Å²) in [7, 11) is 1.99. The average Bonchev–Trinajstić information content (AvgIpc) is 3.23. The van der Waals surface area contributed by atoms with Gasteiger partial charge in [0.25, 0.3) is 0 Å². The van der Waals surface area contributed by atoms with Crippen molar-refractivity contribution in [2.24, 2.45) is 0 Å². The number of carbonyl (C=O) groups is 1. The van der Waals surface area contributed by atoms with E-state index in [1.807, 2.05) is 25.2 Å². The molecular weight excluding hydrogens is 433 g/mol. The summed E-state index contributed by atoms with van der Waals surface area (Å²) in [6, 6.07) is 16.3. The Kier molecular flexibility index (Phi) is 6.73. The number of hydrogen-bond donors (Lipinski definition) is 1. The number of hydrogen-bond acceptors (Lipinski definition) is 7. The summed E-state index contributed by atoms with van der Waals surface area (Å²) >= 11 is 2.87. The lowest BCUT2D eigenvalue weighted by molar-refractivity contribution is -0.118. The second kappa shape index (κ2) is 9.84. The number of thiazole rings is 1. The summed E-state index contributed by atoms with van der Waals surface area (Å²) in [6.07, 6.45) is 1.47. The van der Waals surface area contributed by atoms with Crippen LogP contribution >= 0.6 is 23.1 Å². The predicted octanol–water partition coefficient (Wildman–Crippen LogP) is 4.27. The lowest BCUT2D eigenvalue weighted by Gasteiger charge is -2.15. The van der Waals surface area contributed by atoms with Gasteiger partial charge in [-0.3, -0.25) is 4.79 Å². The monoisotopic (exact) mass is 453 g/mol. The van der Waals surface area contributed by atoms with Crippen molar-refractivity contribution in [2.45, 2.75) is 18.1 Å². The summed E-state index contributed by atoms with van der Waals surface area (Å²) in [4.78, 5) is 27.6. The third-order valence-electron chi connectivity index (χ3n) is 4.48. The fourth-order valence-electron chi connectivity index (χ4n) is 2.90. The average molecular weight is 454 g/mol. The van der Waals surface area contributed by atoms with E-state index in [1.54, 1.807) is 12.1 Å². The van der Waals surface area contributed by atoms with E-state index in [0.29, 0.717) is 12.2 Å². The molecule has 0 aliphatic carbocycles. The number of carbonyl (C=O) groups excluding carboxylic acids is 1. The molecule has 2 aromatic heterocycles. The molecule has 0 aliphatic rings. The first-order valence-electron chi connectivity index (χ1n) is 9.59. The van der Waals surface area contributed by atoms with Crippen LogP contribution in [0.4, 0.5) is 9.52 Å². The molecule has 6 nitrogen and oxygen atoms in total. The highest BCUT2D eigenvalue weighted by molar-refractivity contribution is 8.00. The van der Waals surface area contributed by atoms with Crippen molar-refractivity contribution < 1.29 is 9.18 Å². The topological polar surface area (TPSA) is 71.0 Å². The molecular formula is C22H20FN5OS2. The Labute approximate surface area is 187 Å². The van der Waals surface area contributed by atoms with Gasteiger partial charge in [0, 0.05) is 20.1 Å². The van der Waals surface area contributed by atoms with E-state index in [1.165, 1.54) is 47.1 Å². The molecule has 0 saturated carbocycles. The van der Waals surface area contributed by atoms with E-state index < -0.39 is 0 Å². The first-order chi connectivity index (χ1) is 15.1. The molecule has 4 rings (SSSR count). The van der Waals surface area contributed by atoms with Gasteiger partial charge in [-0.25, -0.2) is 14.4 Å². The third-order valence-corrected chi connectivity index (χ3v) is 6.76. The van der Waals surface area contributed by atoms with Gasteiger partial charge >= 0.3 is 0 Å². The van der Waals surface area contributed by atoms with Crippen molar-refractivity contribution in [2.75, 3.05) is 17.7 Å². The van der Waals surface area contributed by atoms with Gasteiger partial charge in [0.2, 0.25) is 5.91 Å². The van der Waals surface area contributed by atoms with Crippen molar-refractivity contribution in [1.82, 2.24) is 20.3 Å². The lowest BCUT2D eigenvalue weighted by Crippen LogP contribution is -2.24. The molecule has 1 amide bonds. The van der Waals surface area contributed by atoms with Gasteiger partial charge in [-0.2, -0.15) is 4.98 Å². The van der Waals surface area contributed by atoms with Crippen LogP contribution in [0.5, 0.6) is 0 Å². The van der Waals surface area contributed by atoms with Gasteiger partial charge in [0.05, 0.1) is 5.75 Å². The minimum Gasteiger partial charge on any atom is -0.351 e. The van der Waals surface area contributed by atoms with Crippen LogP contribution in [0, 0.1) is 5.82 Å². The smallest absolute Gasteiger partial charge is 0.230 e. The second-order valence-corrected chi connectivity index (χ2v) is 8.80. The van der Waals surface area contributed by atoms with E-state index in [2.05, 4.69) is 37.3 Å². The van der Waals surface area contributed by atoms with Gasteiger partial charge in [0.15, 0.2) is 10.8 Å². The number of nitrogens with one attached hydrogen (secondary N) is 1. The van der Waals surface area contributed by atoms with Crippen LogP contribution in [0.25, 0.3) is 10.3 Å². The third kappa shape index (κ3) is 5.56. The van der Waals surface area contributed by atoms with Gasteiger partial charge in [-0.1, -0.05) is 65.6 Å². The fourth-order valence-corrected chi connectivity index (χ4v) is 4.78. The molecule has 0 radical (unpaired) electrons. The van der Waals surface area contributed by atoms with E-state index in [4.69, 9.17) is 0 Å². The van der Waals surface area contributed by atoms with Crippen LogP contribution in [0.2, 0.25) is 0 Å². The predicted molar refractivity (Wildman–Crippen MR) is 123 cm³/mol. The van der Waals surface area contributed by atoms with Crippen LogP contribution in [0.3, 0.4) is 0 Å². The first kappa shape index (κ1) is 21.2. The lowest BCUT2D eigenvalue weighted by atomic mass is 10.2. The summed E-state index contributed by atoms with van der Waals surface area (Å²) in [5.74, 6) is -0.191. The molecule has 0 bridgehead atoms. The van der Waals surface area contributed by atoms with Crippen LogP contribution in [-0.4, -0.2) is 33.7 Å². The van der Waals surface area contributed by atoms with Crippen molar-refractivity contribution in [3.05, 3.63) is 77.9 Å². The zero-order valence-corrected chi connectivity index (χ0v) is 18.4. The zero-order valence-electron chi connectivity index (χ0n) is 16.8. The highest BCUT2D eigenvalue weighted by Crippen LogP contribution is 2.33. The Morgan fingerprint density at radius 3 is 2.65 bits per heavy atom. The number of fused-ring (bicyclic) bond motifs is 1. The van der Waals surface area contributed by atoms with E-state index >= 15 is 0 Å². The van der Waals surface area contributed by atoms with Gasteiger partial charge in [-0.05, 0) is 23.3 Å². The Hall–Kier alpha value is -3.04. The Morgan fingerprint density at radius 1 is 1.10 bits per heavy atom. The molecule has 9 heteroatoms. The fraction of sp³-hybridized carbons (Fsp3) is 0.182.